The molecule has 1 aromatic rings. The second-order valence-corrected chi connectivity index (χ2v) is 5.83. The summed E-state index contributed by atoms with van der Waals surface area (Å²) in [4.78, 5) is 0. The van der Waals surface area contributed by atoms with Gasteiger partial charge in [0.1, 0.15) is 5.75 Å². The smallest absolute Gasteiger partial charge is 0.405 e. The number of nitrogens with one attached hydrogen (secondary N) is 1. The Balaban J connectivity index is 1.98. The molecule has 0 atom stereocenters. The average Bonchev–Trinajstić information content (AvgIpc) is 2.76. The molecule has 0 bridgehead atoms. The van der Waals surface area contributed by atoms with Gasteiger partial charge in [0.2, 0.25) is 0 Å². The predicted octanol–water partition coefficient (Wildman–Crippen LogP) is 4.06. The van der Waals surface area contributed by atoms with E-state index < -0.39 is 12.0 Å². The van der Waals surface area contributed by atoms with Gasteiger partial charge >= 0.3 is 6.36 Å². The Morgan fingerprint density at radius 1 is 1.30 bits per heavy atom. The van der Waals surface area contributed by atoms with E-state index in [1.165, 1.54) is 18.2 Å². The van der Waals surface area contributed by atoms with Crippen molar-refractivity contribution in [2.24, 2.45) is 0 Å². The van der Waals surface area contributed by atoms with E-state index in [9.17, 15) is 18.3 Å². The Morgan fingerprint density at radius 3 is 2.50 bits per heavy atom. The maximum Gasteiger partial charge on any atom is 0.573 e. The molecule has 3 nitrogen and oxygen atoms in total. The van der Waals surface area contributed by atoms with Crippen LogP contribution in [0.3, 0.4) is 0 Å². The Kier molecular flexibility index (Phi) is 4.49. The monoisotopic (exact) mass is 353 g/mol. The normalized spacial score (nSPS) is 18.1. The molecule has 1 aromatic carbocycles. The first-order chi connectivity index (χ1) is 9.27. The number of ether oxygens (including phenoxy) is 1. The fourth-order valence-corrected chi connectivity index (χ4v) is 2.75. The van der Waals surface area contributed by atoms with Gasteiger partial charge in [0, 0.05) is 12.2 Å². The van der Waals surface area contributed by atoms with Gasteiger partial charge in [0.15, 0.2) is 0 Å². The van der Waals surface area contributed by atoms with Gasteiger partial charge in [-0.25, -0.2) is 0 Å². The van der Waals surface area contributed by atoms with Crippen LogP contribution < -0.4 is 10.1 Å². The molecule has 20 heavy (non-hydrogen) atoms. The summed E-state index contributed by atoms with van der Waals surface area (Å²) >= 11 is 3.04. The second-order valence-electron chi connectivity index (χ2n) is 4.98. The van der Waals surface area contributed by atoms with Crippen LogP contribution in [0.5, 0.6) is 5.75 Å². The van der Waals surface area contributed by atoms with Crippen molar-refractivity contribution in [1.29, 1.82) is 0 Å². The molecule has 0 aromatic heterocycles. The zero-order valence-electron chi connectivity index (χ0n) is 10.6. The molecule has 1 saturated carbocycles. The quantitative estimate of drug-likeness (QED) is 0.857. The van der Waals surface area contributed by atoms with E-state index in [0.29, 0.717) is 12.2 Å². The lowest BCUT2D eigenvalue weighted by Crippen LogP contribution is -2.33. The summed E-state index contributed by atoms with van der Waals surface area (Å²) in [6.07, 6.45) is -1.22. The first-order valence-electron chi connectivity index (χ1n) is 6.29. The summed E-state index contributed by atoms with van der Waals surface area (Å²) < 4.78 is 40.5. The molecule has 0 radical (unpaired) electrons. The lowest BCUT2D eigenvalue weighted by molar-refractivity contribution is -0.274. The third-order valence-electron chi connectivity index (χ3n) is 3.31. The predicted molar refractivity (Wildman–Crippen MR) is 72.7 cm³/mol. The minimum absolute atomic E-state index is 0.207. The van der Waals surface area contributed by atoms with E-state index in [1.54, 1.807) is 0 Å². The topological polar surface area (TPSA) is 41.5 Å². The van der Waals surface area contributed by atoms with Crippen LogP contribution in [0.25, 0.3) is 0 Å². The van der Waals surface area contributed by atoms with E-state index in [4.69, 9.17) is 0 Å². The maximum atomic E-state index is 12.1. The van der Waals surface area contributed by atoms with Gasteiger partial charge in [0.05, 0.1) is 10.1 Å². The van der Waals surface area contributed by atoms with Gasteiger partial charge < -0.3 is 15.2 Å². The van der Waals surface area contributed by atoms with Crippen LogP contribution >= 0.6 is 15.9 Å². The molecule has 112 valence electrons. The van der Waals surface area contributed by atoms with Crippen molar-refractivity contribution >= 4 is 21.6 Å². The Bertz CT molecular complexity index is 473. The van der Waals surface area contributed by atoms with Crippen LogP contribution in [-0.2, 0) is 0 Å². The third-order valence-corrected chi connectivity index (χ3v) is 3.93. The van der Waals surface area contributed by atoms with Crippen molar-refractivity contribution in [1.82, 2.24) is 0 Å². The highest BCUT2D eigenvalue weighted by molar-refractivity contribution is 9.10. The van der Waals surface area contributed by atoms with Crippen molar-refractivity contribution in [3.8, 4) is 5.75 Å². The van der Waals surface area contributed by atoms with Crippen molar-refractivity contribution in [2.75, 3.05) is 11.9 Å². The number of aliphatic hydroxyl groups is 1. The molecule has 2 rings (SSSR count). The second kappa shape index (κ2) is 5.81. The number of hydrogen-bond donors (Lipinski definition) is 2. The van der Waals surface area contributed by atoms with Crippen LogP contribution in [0.1, 0.15) is 25.7 Å². The van der Waals surface area contributed by atoms with E-state index in [-0.39, 0.29) is 10.2 Å². The van der Waals surface area contributed by atoms with Crippen molar-refractivity contribution < 1.29 is 23.0 Å². The fourth-order valence-electron chi connectivity index (χ4n) is 2.29. The van der Waals surface area contributed by atoms with Crippen molar-refractivity contribution in [3.05, 3.63) is 22.7 Å². The zero-order valence-corrected chi connectivity index (χ0v) is 12.2. The number of benzene rings is 1. The molecule has 0 spiro atoms. The molecule has 2 N–H and O–H groups in total. The Hall–Kier alpha value is -0.950. The Labute approximate surface area is 123 Å². The lowest BCUT2D eigenvalue weighted by Gasteiger charge is -2.23. The van der Waals surface area contributed by atoms with Crippen molar-refractivity contribution in [3.63, 3.8) is 0 Å². The SMILES string of the molecule is OC1(CNc2ccc(OC(F)(F)F)c(Br)c2)CCCC1. The fraction of sp³-hybridized carbons (Fsp3) is 0.538. The summed E-state index contributed by atoms with van der Waals surface area (Å²) in [5.74, 6) is -0.289. The van der Waals surface area contributed by atoms with E-state index >= 15 is 0 Å². The summed E-state index contributed by atoms with van der Waals surface area (Å²) in [6.45, 7) is 0.388. The van der Waals surface area contributed by atoms with Gasteiger partial charge in [-0.3, -0.25) is 0 Å². The average molecular weight is 354 g/mol. The molecular weight excluding hydrogens is 339 g/mol. The van der Waals surface area contributed by atoms with Gasteiger partial charge in [-0.1, -0.05) is 12.8 Å². The minimum Gasteiger partial charge on any atom is -0.405 e. The van der Waals surface area contributed by atoms with Crippen LogP contribution in [0.4, 0.5) is 18.9 Å². The van der Waals surface area contributed by atoms with E-state index in [0.717, 1.165) is 25.7 Å². The number of alkyl halides is 3. The summed E-state index contributed by atoms with van der Waals surface area (Å²) in [6, 6.07) is 4.22. The van der Waals surface area contributed by atoms with Gasteiger partial charge in [-0.15, -0.1) is 13.2 Å². The van der Waals surface area contributed by atoms with Crippen LogP contribution in [0.15, 0.2) is 22.7 Å². The largest absolute Gasteiger partial charge is 0.573 e. The zero-order chi connectivity index (χ0) is 14.8. The molecule has 1 fully saturated rings. The first kappa shape index (κ1) is 15.4. The highest BCUT2D eigenvalue weighted by Crippen LogP contribution is 2.33. The summed E-state index contributed by atoms with van der Waals surface area (Å²) in [5.41, 5.74) is -0.0834. The minimum atomic E-state index is -4.71. The standard InChI is InChI=1S/C13H15BrF3NO2/c14-10-7-9(3-4-11(10)20-13(15,16)17)18-8-12(19)5-1-2-6-12/h3-4,7,18-19H,1-2,5-6,8H2. The molecule has 0 saturated heterocycles. The molecule has 0 aliphatic heterocycles. The first-order valence-corrected chi connectivity index (χ1v) is 7.08. The van der Waals surface area contributed by atoms with Gasteiger partial charge in [-0.2, -0.15) is 0 Å². The van der Waals surface area contributed by atoms with Gasteiger partial charge in [-0.05, 0) is 47.0 Å². The molecule has 0 amide bonds. The summed E-state index contributed by atoms with van der Waals surface area (Å²) in [7, 11) is 0. The molecule has 1 aliphatic carbocycles. The highest BCUT2D eigenvalue weighted by Gasteiger charge is 2.32. The number of hydrogen-bond acceptors (Lipinski definition) is 3. The number of halogens is 4. The highest BCUT2D eigenvalue weighted by atomic mass is 79.9. The molecule has 0 heterocycles. The molecular formula is C13H15BrF3NO2. The summed E-state index contributed by atoms with van der Waals surface area (Å²) in [5, 5.41) is 13.2. The lowest BCUT2D eigenvalue weighted by atomic mass is 10.0. The maximum absolute atomic E-state index is 12.1. The van der Waals surface area contributed by atoms with Gasteiger partial charge in [0.25, 0.3) is 0 Å². The third kappa shape index (κ3) is 4.28. The van der Waals surface area contributed by atoms with Crippen LogP contribution in [-0.4, -0.2) is 23.6 Å². The van der Waals surface area contributed by atoms with Crippen LogP contribution in [0.2, 0.25) is 0 Å². The number of anilines is 1. The van der Waals surface area contributed by atoms with Crippen LogP contribution in [0, 0.1) is 0 Å². The number of rotatable bonds is 4. The molecule has 0 unspecified atom stereocenters. The van der Waals surface area contributed by atoms with E-state index in [2.05, 4.69) is 26.0 Å². The van der Waals surface area contributed by atoms with E-state index in [1.807, 2.05) is 0 Å². The van der Waals surface area contributed by atoms with Crippen molar-refractivity contribution in [2.45, 2.75) is 37.6 Å². The Morgan fingerprint density at radius 2 is 1.95 bits per heavy atom. The molecule has 1 aliphatic rings. The molecule has 7 heteroatoms.